The third kappa shape index (κ3) is 2.90. The van der Waals surface area contributed by atoms with Crippen molar-refractivity contribution in [3.63, 3.8) is 0 Å². The van der Waals surface area contributed by atoms with Crippen molar-refractivity contribution in [2.75, 3.05) is 0 Å². The van der Waals surface area contributed by atoms with E-state index in [1.807, 2.05) is 30.6 Å². The molecule has 0 saturated heterocycles. The van der Waals surface area contributed by atoms with Crippen molar-refractivity contribution in [2.24, 2.45) is 0 Å². The Morgan fingerprint density at radius 1 is 1.00 bits per heavy atom. The van der Waals surface area contributed by atoms with Crippen LogP contribution in [0.15, 0.2) is 54.9 Å². The molecule has 1 heterocycles. The van der Waals surface area contributed by atoms with Crippen LogP contribution in [0.1, 0.15) is 16.0 Å². The highest BCUT2D eigenvalue weighted by molar-refractivity contribution is 9.09. The lowest BCUT2D eigenvalue weighted by atomic mass is 10.1. The van der Waals surface area contributed by atoms with Gasteiger partial charge >= 0.3 is 0 Å². The zero-order valence-electron chi connectivity index (χ0n) is 8.31. The minimum absolute atomic E-state index is 0.364. The van der Waals surface area contributed by atoms with Crippen molar-refractivity contribution in [3.05, 3.63) is 66.0 Å². The molecule has 1 aromatic carbocycles. The normalized spacial score (nSPS) is 12.3. The van der Waals surface area contributed by atoms with Crippen molar-refractivity contribution in [2.45, 2.75) is 11.2 Å². The van der Waals surface area contributed by atoms with Crippen LogP contribution < -0.4 is 0 Å². The number of hydrogen-bond acceptors (Lipinski definition) is 1. The van der Waals surface area contributed by atoms with Crippen LogP contribution in [0.25, 0.3) is 0 Å². The van der Waals surface area contributed by atoms with Crippen LogP contribution in [-0.2, 0) is 6.42 Å². The molecule has 0 fully saturated rings. The Morgan fingerprint density at radius 3 is 2.33 bits per heavy atom. The lowest BCUT2D eigenvalue weighted by Gasteiger charge is -2.09. The molecule has 1 aromatic heterocycles. The summed E-state index contributed by atoms with van der Waals surface area (Å²) in [5.41, 5.74) is 2.62. The number of aromatic nitrogens is 1. The fourth-order valence-corrected chi connectivity index (χ4v) is 2.19. The molecule has 0 amide bonds. The first kappa shape index (κ1) is 10.4. The van der Waals surface area contributed by atoms with Gasteiger partial charge in [0.1, 0.15) is 0 Å². The molecule has 0 radical (unpaired) electrons. The predicted octanol–water partition coefficient (Wildman–Crippen LogP) is 3.76. The standard InChI is InChI=1S/C13H12BrN/c14-13(12-6-8-15-9-7-12)10-11-4-2-1-3-5-11/h1-9,13H,10H2. The zero-order valence-corrected chi connectivity index (χ0v) is 9.89. The fourth-order valence-electron chi connectivity index (χ4n) is 1.51. The third-order valence-corrected chi connectivity index (χ3v) is 3.18. The second kappa shape index (κ2) is 5.08. The molecule has 1 nitrogen and oxygen atoms in total. The van der Waals surface area contributed by atoms with E-state index in [0.29, 0.717) is 4.83 Å². The Labute approximate surface area is 98.3 Å². The largest absolute Gasteiger partial charge is 0.265 e. The van der Waals surface area contributed by atoms with Gasteiger partial charge in [0.05, 0.1) is 0 Å². The second-order valence-corrected chi connectivity index (χ2v) is 4.54. The van der Waals surface area contributed by atoms with Gasteiger partial charge in [-0.15, -0.1) is 0 Å². The van der Waals surface area contributed by atoms with Gasteiger partial charge in [0.15, 0.2) is 0 Å². The van der Waals surface area contributed by atoms with Crippen molar-refractivity contribution in [1.29, 1.82) is 0 Å². The summed E-state index contributed by atoms with van der Waals surface area (Å²) >= 11 is 3.69. The Bertz CT molecular complexity index is 399. The molecule has 2 heteroatoms. The first-order chi connectivity index (χ1) is 7.36. The second-order valence-electron chi connectivity index (χ2n) is 3.44. The fraction of sp³-hybridized carbons (Fsp3) is 0.154. The summed E-state index contributed by atoms with van der Waals surface area (Å²) in [5, 5.41) is 0. The third-order valence-electron chi connectivity index (χ3n) is 2.33. The highest BCUT2D eigenvalue weighted by atomic mass is 79.9. The Morgan fingerprint density at radius 2 is 1.67 bits per heavy atom. The summed E-state index contributed by atoms with van der Waals surface area (Å²) < 4.78 is 0. The number of rotatable bonds is 3. The lowest BCUT2D eigenvalue weighted by Crippen LogP contribution is -1.94. The van der Waals surface area contributed by atoms with Crippen molar-refractivity contribution >= 4 is 15.9 Å². The summed E-state index contributed by atoms with van der Waals surface area (Å²) in [6.07, 6.45) is 4.66. The number of hydrogen-bond donors (Lipinski definition) is 0. The van der Waals surface area contributed by atoms with E-state index in [2.05, 4.69) is 45.2 Å². The van der Waals surface area contributed by atoms with E-state index in [0.717, 1.165) is 6.42 Å². The minimum atomic E-state index is 0.364. The van der Waals surface area contributed by atoms with Crippen LogP contribution >= 0.6 is 15.9 Å². The molecule has 0 saturated carbocycles. The Hall–Kier alpha value is -1.15. The van der Waals surface area contributed by atoms with Crippen molar-refractivity contribution in [1.82, 2.24) is 4.98 Å². The molecule has 0 aliphatic carbocycles. The molecule has 1 unspecified atom stereocenters. The molecule has 2 rings (SSSR count). The predicted molar refractivity (Wildman–Crippen MR) is 66.1 cm³/mol. The van der Waals surface area contributed by atoms with Gasteiger partial charge in [0.25, 0.3) is 0 Å². The van der Waals surface area contributed by atoms with Crippen LogP contribution in [0.2, 0.25) is 0 Å². The van der Waals surface area contributed by atoms with Gasteiger partial charge in [-0.25, -0.2) is 0 Å². The van der Waals surface area contributed by atoms with Gasteiger partial charge in [0.2, 0.25) is 0 Å². The van der Waals surface area contributed by atoms with E-state index in [4.69, 9.17) is 0 Å². The van der Waals surface area contributed by atoms with E-state index in [-0.39, 0.29) is 0 Å². The quantitative estimate of drug-likeness (QED) is 0.767. The van der Waals surface area contributed by atoms with Crippen LogP contribution in [-0.4, -0.2) is 4.98 Å². The molecule has 15 heavy (non-hydrogen) atoms. The van der Waals surface area contributed by atoms with E-state index >= 15 is 0 Å². The molecule has 0 aliphatic heterocycles. The highest BCUT2D eigenvalue weighted by Crippen LogP contribution is 2.26. The van der Waals surface area contributed by atoms with E-state index < -0.39 is 0 Å². The van der Waals surface area contributed by atoms with E-state index in [1.165, 1.54) is 11.1 Å². The van der Waals surface area contributed by atoms with Crippen LogP contribution in [0, 0.1) is 0 Å². The molecule has 0 aliphatic rings. The number of nitrogens with zero attached hydrogens (tertiary/aromatic N) is 1. The van der Waals surface area contributed by atoms with Crippen LogP contribution in [0.4, 0.5) is 0 Å². The summed E-state index contributed by atoms with van der Waals surface area (Å²) in [6.45, 7) is 0. The summed E-state index contributed by atoms with van der Waals surface area (Å²) in [5.74, 6) is 0. The van der Waals surface area contributed by atoms with Crippen molar-refractivity contribution in [3.8, 4) is 0 Å². The van der Waals surface area contributed by atoms with Gasteiger partial charge in [-0.3, -0.25) is 4.98 Å². The number of pyridine rings is 1. The van der Waals surface area contributed by atoms with Gasteiger partial charge in [-0.2, -0.15) is 0 Å². The van der Waals surface area contributed by atoms with Crippen LogP contribution in [0.5, 0.6) is 0 Å². The molecule has 0 bridgehead atoms. The van der Waals surface area contributed by atoms with Crippen molar-refractivity contribution < 1.29 is 0 Å². The Kier molecular flexibility index (Phi) is 3.51. The smallest absolute Gasteiger partial charge is 0.0436 e. The number of halogens is 1. The maximum atomic E-state index is 4.01. The molecule has 0 N–H and O–H groups in total. The molecular weight excluding hydrogens is 250 g/mol. The maximum absolute atomic E-state index is 4.01. The van der Waals surface area contributed by atoms with E-state index in [9.17, 15) is 0 Å². The molecule has 0 spiro atoms. The first-order valence-corrected chi connectivity index (χ1v) is 5.86. The molecule has 1 atom stereocenters. The first-order valence-electron chi connectivity index (χ1n) is 4.94. The Balaban J connectivity index is 2.08. The SMILES string of the molecule is BrC(Cc1ccccc1)c1ccncc1. The monoisotopic (exact) mass is 261 g/mol. The molecular formula is C13H12BrN. The molecule has 2 aromatic rings. The topological polar surface area (TPSA) is 12.9 Å². The van der Waals surface area contributed by atoms with Gasteiger partial charge < -0.3 is 0 Å². The number of benzene rings is 1. The number of alkyl halides is 1. The average Bonchev–Trinajstić information content (AvgIpc) is 2.31. The van der Waals surface area contributed by atoms with Gasteiger partial charge in [0, 0.05) is 17.2 Å². The summed E-state index contributed by atoms with van der Waals surface area (Å²) in [7, 11) is 0. The highest BCUT2D eigenvalue weighted by Gasteiger charge is 2.07. The average molecular weight is 262 g/mol. The van der Waals surface area contributed by atoms with E-state index in [1.54, 1.807) is 0 Å². The van der Waals surface area contributed by atoms with Gasteiger partial charge in [-0.05, 0) is 29.7 Å². The lowest BCUT2D eigenvalue weighted by molar-refractivity contribution is 0.944. The molecule has 76 valence electrons. The summed E-state index contributed by atoms with van der Waals surface area (Å²) in [4.78, 5) is 4.38. The van der Waals surface area contributed by atoms with Gasteiger partial charge in [-0.1, -0.05) is 46.3 Å². The maximum Gasteiger partial charge on any atom is 0.0436 e. The minimum Gasteiger partial charge on any atom is -0.265 e. The summed E-state index contributed by atoms with van der Waals surface area (Å²) in [6, 6.07) is 14.6. The zero-order chi connectivity index (χ0) is 10.5. The van der Waals surface area contributed by atoms with Crippen LogP contribution in [0.3, 0.4) is 0 Å².